The van der Waals surface area contributed by atoms with Gasteiger partial charge in [-0.2, -0.15) is 0 Å². The molecule has 0 atom stereocenters. The number of nitrogens with one attached hydrogen (secondary N) is 2. The molecule has 6 heteroatoms. The smallest absolute Gasteiger partial charge is 0.255 e. The highest BCUT2D eigenvalue weighted by atomic mass is 16.3. The summed E-state index contributed by atoms with van der Waals surface area (Å²) in [5.41, 5.74) is 3.22. The number of phenolic OH excluding ortho intramolecular Hbond substituents is 1. The van der Waals surface area contributed by atoms with Gasteiger partial charge in [0.15, 0.2) is 0 Å². The topological polar surface area (TPSA) is 98.7 Å². The van der Waals surface area contributed by atoms with E-state index < -0.39 is 11.8 Å². The molecular weight excluding hydrogens is 356 g/mol. The highest BCUT2D eigenvalue weighted by molar-refractivity contribution is 6.07. The molecule has 2 aromatic carbocycles. The van der Waals surface area contributed by atoms with Crippen molar-refractivity contribution in [3.63, 3.8) is 0 Å². The zero-order valence-electron chi connectivity index (χ0n) is 15.7. The van der Waals surface area contributed by atoms with Gasteiger partial charge in [0.25, 0.3) is 11.8 Å². The number of aryl methyl sites for hydroxylation is 1. The number of allylic oxidation sites excluding steroid dienone is 3. The van der Waals surface area contributed by atoms with Crippen molar-refractivity contribution in [3.8, 4) is 5.75 Å². The van der Waals surface area contributed by atoms with Gasteiger partial charge in [-0.15, -0.1) is 0 Å². The molecule has 28 heavy (non-hydrogen) atoms. The first-order chi connectivity index (χ1) is 13.3. The molecule has 2 amide bonds. The zero-order chi connectivity index (χ0) is 20.3. The Balaban J connectivity index is 1.77. The summed E-state index contributed by atoms with van der Waals surface area (Å²) in [5.74, 6) is -0.746. The van der Waals surface area contributed by atoms with Crippen molar-refractivity contribution in [2.45, 2.75) is 26.7 Å². The van der Waals surface area contributed by atoms with Crippen molar-refractivity contribution < 1.29 is 19.8 Å². The van der Waals surface area contributed by atoms with Crippen molar-refractivity contribution in [2.24, 2.45) is 0 Å². The van der Waals surface area contributed by atoms with Crippen molar-refractivity contribution in [3.05, 3.63) is 82.3 Å². The van der Waals surface area contributed by atoms with E-state index >= 15 is 0 Å². The Hall–Kier alpha value is -3.54. The average molecular weight is 378 g/mol. The predicted octanol–water partition coefficient (Wildman–Crippen LogP) is 4.19. The van der Waals surface area contributed by atoms with Crippen LogP contribution in [0.2, 0.25) is 0 Å². The van der Waals surface area contributed by atoms with Crippen LogP contribution in [0, 0.1) is 6.92 Å². The van der Waals surface area contributed by atoms with Crippen LogP contribution in [-0.4, -0.2) is 22.0 Å². The summed E-state index contributed by atoms with van der Waals surface area (Å²) < 4.78 is 0. The first-order valence-corrected chi connectivity index (χ1v) is 8.95. The molecule has 1 aliphatic carbocycles. The number of carbonyl (C=O) groups is 2. The van der Waals surface area contributed by atoms with Crippen LogP contribution in [0.25, 0.3) is 0 Å². The minimum atomic E-state index is -0.439. The zero-order valence-corrected chi connectivity index (χ0v) is 15.7. The third-order valence-electron chi connectivity index (χ3n) is 4.49. The number of benzene rings is 2. The lowest BCUT2D eigenvalue weighted by atomic mass is 10.0. The molecule has 0 fully saturated rings. The van der Waals surface area contributed by atoms with E-state index in [1.807, 2.05) is 13.8 Å². The maximum atomic E-state index is 12.5. The number of anilines is 1. The fraction of sp³-hybridized carbons (Fsp3) is 0.182. The second kappa shape index (κ2) is 8.00. The largest absolute Gasteiger partial charge is 0.510 e. The maximum Gasteiger partial charge on any atom is 0.255 e. The molecule has 0 aromatic heterocycles. The number of rotatable bonds is 4. The lowest BCUT2D eigenvalue weighted by molar-refractivity contribution is 0.0964. The summed E-state index contributed by atoms with van der Waals surface area (Å²) in [4.78, 5) is 25.1. The fourth-order valence-electron chi connectivity index (χ4n) is 2.90. The number of phenols is 1. The quantitative estimate of drug-likeness (QED) is 0.600. The van der Waals surface area contributed by atoms with E-state index in [0.717, 1.165) is 17.6 Å². The molecule has 1 aliphatic rings. The number of aromatic hydroxyl groups is 1. The molecule has 0 heterocycles. The van der Waals surface area contributed by atoms with Crippen LogP contribution in [0.3, 0.4) is 0 Å². The highest BCUT2D eigenvalue weighted by Gasteiger charge is 2.16. The number of aliphatic hydroxyl groups is 1. The SMILES string of the molecule is CC1=CC(NC(=O)c2cccc(C(=O)Nc3cc(C)ccc3O)c2)=C(O)CC1. The lowest BCUT2D eigenvalue weighted by Gasteiger charge is -2.15. The van der Waals surface area contributed by atoms with Gasteiger partial charge in [0, 0.05) is 17.5 Å². The number of hydrogen-bond acceptors (Lipinski definition) is 4. The van der Waals surface area contributed by atoms with Crippen LogP contribution in [0.4, 0.5) is 5.69 Å². The van der Waals surface area contributed by atoms with E-state index in [1.165, 1.54) is 12.1 Å². The van der Waals surface area contributed by atoms with Crippen molar-refractivity contribution in [1.29, 1.82) is 0 Å². The van der Waals surface area contributed by atoms with Crippen LogP contribution in [0.15, 0.2) is 65.6 Å². The minimum Gasteiger partial charge on any atom is -0.510 e. The Morgan fingerprint density at radius 1 is 0.893 bits per heavy atom. The molecule has 6 nitrogen and oxygen atoms in total. The molecule has 2 aromatic rings. The summed E-state index contributed by atoms with van der Waals surface area (Å²) >= 11 is 0. The number of aliphatic hydroxyl groups excluding tert-OH is 1. The summed E-state index contributed by atoms with van der Waals surface area (Å²) in [6.07, 6.45) is 2.99. The first kappa shape index (κ1) is 19.2. The van der Waals surface area contributed by atoms with Crippen LogP contribution < -0.4 is 10.6 Å². The molecule has 0 radical (unpaired) electrons. The fourth-order valence-corrected chi connectivity index (χ4v) is 2.90. The van der Waals surface area contributed by atoms with Gasteiger partial charge in [0.1, 0.15) is 11.5 Å². The van der Waals surface area contributed by atoms with Gasteiger partial charge in [-0.05, 0) is 62.2 Å². The molecule has 0 saturated carbocycles. The Labute approximate surface area is 163 Å². The Kier molecular flexibility index (Phi) is 5.49. The standard InChI is InChI=1S/C22H22N2O4/c1-13-6-8-19(25)17(10-13)23-21(27)15-4-3-5-16(12-15)22(28)24-18-11-14(2)7-9-20(18)26/h3-6,8,10-12,25-26H,7,9H2,1-2H3,(H,23,27)(H,24,28). The van der Waals surface area contributed by atoms with Crippen LogP contribution in [0.5, 0.6) is 5.75 Å². The molecule has 0 bridgehead atoms. The number of amides is 2. The monoisotopic (exact) mass is 378 g/mol. The Morgan fingerprint density at radius 2 is 1.57 bits per heavy atom. The minimum absolute atomic E-state index is 0.0327. The van der Waals surface area contributed by atoms with E-state index in [2.05, 4.69) is 10.6 Å². The highest BCUT2D eigenvalue weighted by Crippen LogP contribution is 2.25. The van der Waals surface area contributed by atoms with Gasteiger partial charge in [0.2, 0.25) is 0 Å². The van der Waals surface area contributed by atoms with E-state index in [9.17, 15) is 19.8 Å². The van der Waals surface area contributed by atoms with Gasteiger partial charge < -0.3 is 20.8 Å². The van der Waals surface area contributed by atoms with E-state index in [0.29, 0.717) is 17.8 Å². The molecule has 0 unspecified atom stereocenters. The van der Waals surface area contributed by atoms with Crippen LogP contribution >= 0.6 is 0 Å². The van der Waals surface area contributed by atoms with Gasteiger partial charge in [-0.1, -0.05) is 17.7 Å². The first-order valence-electron chi connectivity index (χ1n) is 8.95. The van der Waals surface area contributed by atoms with Crippen molar-refractivity contribution >= 4 is 17.5 Å². The van der Waals surface area contributed by atoms with E-state index in [-0.39, 0.29) is 22.6 Å². The number of hydrogen-bond donors (Lipinski definition) is 4. The summed E-state index contributed by atoms with van der Waals surface area (Å²) in [6, 6.07) is 11.2. The molecule has 0 spiro atoms. The Bertz CT molecular complexity index is 1010. The Morgan fingerprint density at radius 3 is 2.29 bits per heavy atom. The van der Waals surface area contributed by atoms with Crippen molar-refractivity contribution in [1.82, 2.24) is 5.32 Å². The van der Waals surface area contributed by atoms with Crippen LogP contribution in [-0.2, 0) is 0 Å². The third kappa shape index (κ3) is 4.40. The van der Waals surface area contributed by atoms with E-state index in [1.54, 1.807) is 36.4 Å². The summed E-state index contributed by atoms with van der Waals surface area (Å²) in [5, 5.41) is 25.2. The molecule has 144 valence electrons. The van der Waals surface area contributed by atoms with Gasteiger partial charge >= 0.3 is 0 Å². The van der Waals surface area contributed by atoms with Gasteiger partial charge in [0.05, 0.1) is 11.4 Å². The van der Waals surface area contributed by atoms with E-state index in [4.69, 9.17) is 0 Å². The summed E-state index contributed by atoms with van der Waals surface area (Å²) in [7, 11) is 0. The molecule has 3 rings (SSSR count). The van der Waals surface area contributed by atoms with Gasteiger partial charge in [-0.25, -0.2) is 0 Å². The van der Waals surface area contributed by atoms with Crippen LogP contribution in [0.1, 0.15) is 46.0 Å². The van der Waals surface area contributed by atoms with Crippen molar-refractivity contribution in [2.75, 3.05) is 5.32 Å². The van der Waals surface area contributed by atoms with Gasteiger partial charge in [-0.3, -0.25) is 9.59 Å². The summed E-state index contributed by atoms with van der Waals surface area (Å²) in [6.45, 7) is 3.79. The third-order valence-corrected chi connectivity index (χ3v) is 4.49. The predicted molar refractivity (Wildman–Crippen MR) is 107 cm³/mol. The lowest BCUT2D eigenvalue weighted by Crippen LogP contribution is -2.25. The second-order valence-corrected chi connectivity index (χ2v) is 6.86. The maximum absolute atomic E-state index is 12.5. The normalized spacial score (nSPS) is 13.7. The second-order valence-electron chi connectivity index (χ2n) is 6.86. The number of carbonyl (C=O) groups excluding carboxylic acids is 2. The average Bonchev–Trinajstić information content (AvgIpc) is 2.67. The molecule has 4 N–H and O–H groups in total. The molecule has 0 aliphatic heterocycles. The molecular formula is C22H22N2O4. The molecule has 0 saturated heterocycles.